The maximum Gasteiger partial charge on any atom is 0.118 e. The van der Waals surface area contributed by atoms with Gasteiger partial charge in [-0.3, -0.25) is 4.90 Å². The SMILES string of the molecule is COc1ccc([C@H]2C3CCN2CC3)cc1. The molecular formula is C13H17NO. The topological polar surface area (TPSA) is 12.5 Å². The van der Waals surface area contributed by atoms with Gasteiger partial charge in [0.15, 0.2) is 0 Å². The van der Waals surface area contributed by atoms with Crippen molar-refractivity contribution in [2.45, 2.75) is 18.9 Å². The van der Waals surface area contributed by atoms with Crippen molar-refractivity contribution in [3.8, 4) is 5.75 Å². The average Bonchev–Trinajstić information content (AvgIpc) is 2.89. The number of fused-ring (bicyclic) bond motifs is 2. The van der Waals surface area contributed by atoms with Crippen LogP contribution in [0.1, 0.15) is 24.4 Å². The summed E-state index contributed by atoms with van der Waals surface area (Å²) in [6.07, 6.45) is 2.77. The minimum absolute atomic E-state index is 0.691. The molecule has 0 spiro atoms. The van der Waals surface area contributed by atoms with E-state index in [-0.39, 0.29) is 0 Å². The van der Waals surface area contributed by atoms with Gasteiger partial charge in [0.1, 0.15) is 5.75 Å². The Bertz CT molecular complexity index is 326. The Morgan fingerprint density at radius 1 is 1.13 bits per heavy atom. The van der Waals surface area contributed by atoms with Crippen LogP contribution in [0.4, 0.5) is 0 Å². The van der Waals surface area contributed by atoms with E-state index in [1.54, 1.807) is 7.11 Å². The highest BCUT2D eigenvalue weighted by molar-refractivity contribution is 5.30. The molecule has 0 N–H and O–H groups in total. The van der Waals surface area contributed by atoms with Crippen molar-refractivity contribution in [1.29, 1.82) is 0 Å². The van der Waals surface area contributed by atoms with E-state index in [4.69, 9.17) is 4.74 Å². The van der Waals surface area contributed by atoms with Crippen LogP contribution in [0.25, 0.3) is 0 Å². The molecule has 0 amide bonds. The second-order valence-corrected chi connectivity index (χ2v) is 4.59. The largest absolute Gasteiger partial charge is 0.497 e. The van der Waals surface area contributed by atoms with Gasteiger partial charge < -0.3 is 4.74 Å². The number of methoxy groups -OCH3 is 1. The van der Waals surface area contributed by atoms with Gasteiger partial charge in [-0.2, -0.15) is 0 Å². The average molecular weight is 203 g/mol. The van der Waals surface area contributed by atoms with Crippen LogP contribution in [-0.4, -0.2) is 25.1 Å². The standard InChI is InChI=1S/C13H17NO/c1-15-12-4-2-10(3-5-12)13-11-6-8-14(13)9-7-11/h2-5,11,13H,6-9H2,1H3/t13-/m0/s1. The fourth-order valence-electron chi connectivity index (χ4n) is 3.10. The van der Waals surface area contributed by atoms with Gasteiger partial charge in [0.25, 0.3) is 0 Å². The van der Waals surface area contributed by atoms with Crippen LogP contribution in [0.5, 0.6) is 5.75 Å². The van der Waals surface area contributed by atoms with Gasteiger partial charge in [0.05, 0.1) is 7.11 Å². The van der Waals surface area contributed by atoms with Gasteiger partial charge in [-0.05, 0) is 49.5 Å². The normalized spacial score (nSPS) is 33.3. The Morgan fingerprint density at radius 2 is 1.80 bits per heavy atom. The number of hydrogen-bond acceptors (Lipinski definition) is 2. The highest BCUT2D eigenvalue weighted by Crippen LogP contribution is 2.44. The smallest absolute Gasteiger partial charge is 0.118 e. The van der Waals surface area contributed by atoms with E-state index in [0.717, 1.165) is 11.7 Å². The summed E-state index contributed by atoms with van der Waals surface area (Å²) in [7, 11) is 1.72. The molecule has 1 aromatic carbocycles. The maximum absolute atomic E-state index is 5.19. The summed E-state index contributed by atoms with van der Waals surface area (Å²) in [5, 5.41) is 0. The second-order valence-electron chi connectivity index (χ2n) is 4.59. The third kappa shape index (κ3) is 1.44. The first-order chi connectivity index (χ1) is 7.38. The predicted octanol–water partition coefficient (Wildman–Crippen LogP) is 2.46. The summed E-state index contributed by atoms with van der Waals surface area (Å²) in [6, 6.07) is 9.29. The Balaban J connectivity index is 1.86. The summed E-state index contributed by atoms with van der Waals surface area (Å²) >= 11 is 0. The fraction of sp³-hybridized carbons (Fsp3) is 0.538. The predicted molar refractivity (Wildman–Crippen MR) is 60.0 cm³/mol. The lowest BCUT2D eigenvalue weighted by molar-refractivity contribution is 0.305. The van der Waals surface area contributed by atoms with E-state index in [0.29, 0.717) is 6.04 Å². The first-order valence-corrected chi connectivity index (χ1v) is 5.76. The molecule has 0 radical (unpaired) electrons. The van der Waals surface area contributed by atoms with Crippen LogP contribution in [-0.2, 0) is 0 Å². The highest BCUT2D eigenvalue weighted by atomic mass is 16.5. The molecule has 0 aliphatic carbocycles. The van der Waals surface area contributed by atoms with Crippen molar-refractivity contribution in [3.05, 3.63) is 29.8 Å². The van der Waals surface area contributed by atoms with Crippen molar-refractivity contribution in [1.82, 2.24) is 4.90 Å². The van der Waals surface area contributed by atoms with E-state index < -0.39 is 0 Å². The van der Waals surface area contributed by atoms with Gasteiger partial charge in [-0.1, -0.05) is 12.1 Å². The minimum Gasteiger partial charge on any atom is -0.497 e. The zero-order valence-corrected chi connectivity index (χ0v) is 9.15. The van der Waals surface area contributed by atoms with Crippen LogP contribution < -0.4 is 4.74 Å². The Kier molecular flexibility index (Phi) is 2.17. The van der Waals surface area contributed by atoms with Crippen LogP contribution in [0.15, 0.2) is 24.3 Å². The number of piperidine rings is 1. The molecule has 0 aromatic heterocycles. The Morgan fingerprint density at radius 3 is 2.27 bits per heavy atom. The quantitative estimate of drug-likeness (QED) is 0.732. The summed E-state index contributed by atoms with van der Waals surface area (Å²) in [5.74, 6) is 1.86. The number of benzene rings is 1. The molecule has 2 saturated heterocycles. The number of ether oxygens (including phenoxy) is 1. The first kappa shape index (κ1) is 9.22. The number of rotatable bonds is 2. The molecule has 2 nitrogen and oxygen atoms in total. The zero-order chi connectivity index (χ0) is 10.3. The summed E-state index contributed by atoms with van der Waals surface area (Å²) < 4.78 is 5.19. The molecule has 2 aliphatic rings. The molecule has 1 aromatic rings. The van der Waals surface area contributed by atoms with Gasteiger partial charge >= 0.3 is 0 Å². The molecule has 2 fully saturated rings. The lowest BCUT2D eigenvalue weighted by Crippen LogP contribution is -2.19. The number of nitrogens with zero attached hydrogens (tertiary/aromatic N) is 1. The molecule has 0 saturated carbocycles. The lowest BCUT2D eigenvalue weighted by Gasteiger charge is -2.19. The third-order valence-electron chi connectivity index (χ3n) is 3.87. The van der Waals surface area contributed by atoms with Gasteiger partial charge in [-0.15, -0.1) is 0 Å². The van der Waals surface area contributed by atoms with E-state index in [1.807, 2.05) is 0 Å². The van der Waals surface area contributed by atoms with Crippen molar-refractivity contribution in [3.63, 3.8) is 0 Å². The van der Waals surface area contributed by atoms with Crippen molar-refractivity contribution in [2.24, 2.45) is 5.92 Å². The number of hydrogen-bond donors (Lipinski definition) is 0. The van der Waals surface area contributed by atoms with Crippen LogP contribution in [0.3, 0.4) is 0 Å². The fourth-order valence-corrected chi connectivity index (χ4v) is 3.10. The Labute approximate surface area is 90.8 Å². The van der Waals surface area contributed by atoms with E-state index >= 15 is 0 Å². The highest BCUT2D eigenvalue weighted by Gasteiger charge is 2.40. The summed E-state index contributed by atoms with van der Waals surface area (Å²) in [4.78, 5) is 2.62. The van der Waals surface area contributed by atoms with E-state index in [9.17, 15) is 0 Å². The summed E-state index contributed by atoms with van der Waals surface area (Å²) in [5.41, 5.74) is 1.47. The zero-order valence-electron chi connectivity index (χ0n) is 9.15. The van der Waals surface area contributed by atoms with Crippen molar-refractivity contribution >= 4 is 0 Å². The molecule has 1 atom stereocenters. The second kappa shape index (κ2) is 3.53. The summed E-state index contributed by atoms with van der Waals surface area (Å²) in [6.45, 7) is 2.59. The monoisotopic (exact) mass is 203 g/mol. The molecule has 2 bridgehead atoms. The van der Waals surface area contributed by atoms with Crippen molar-refractivity contribution < 1.29 is 4.74 Å². The maximum atomic E-state index is 5.19. The van der Waals surface area contributed by atoms with Crippen LogP contribution in [0.2, 0.25) is 0 Å². The van der Waals surface area contributed by atoms with Crippen molar-refractivity contribution in [2.75, 3.05) is 20.2 Å². The van der Waals surface area contributed by atoms with Gasteiger partial charge in [0.2, 0.25) is 0 Å². The lowest BCUT2D eigenvalue weighted by atomic mass is 9.94. The molecule has 2 heterocycles. The molecule has 80 valence electrons. The molecule has 2 aliphatic heterocycles. The minimum atomic E-state index is 0.691. The molecule has 0 unspecified atom stereocenters. The molecule has 3 rings (SSSR count). The van der Waals surface area contributed by atoms with Gasteiger partial charge in [0, 0.05) is 6.04 Å². The first-order valence-electron chi connectivity index (χ1n) is 5.76. The molecule has 2 heteroatoms. The Hall–Kier alpha value is -1.02. The third-order valence-corrected chi connectivity index (χ3v) is 3.87. The van der Waals surface area contributed by atoms with Crippen LogP contribution in [0, 0.1) is 5.92 Å². The van der Waals surface area contributed by atoms with E-state index in [1.165, 1.54) is 31.5 Å². The molecule has 15 heavy (non-hydrogen) atoms. The van der Waals surface area contributed by atoms with E-state index in [2.05, 4.69) is 29.2 Å². The molecular weight excluding hydrogens is 186 g/mol. The van der Waals surface area contributed by atoms with Crippen LogP contribution >= 0.6 is 0 Å². The van der Waals surface area contributed by atoms with Gasteiger partial charge in [-0.25, -0.2) is 0 Å².